The van der Waals surface area contributed by atoms with Crippen LogP contribution in [0.5, 0.6) is 0 Å². The lowest BCUT2D eigenvalue weighted by Gasteiger charge is -2.35. The van der Waals surface area contributed by atoms with Crippen LogP contribution in [0.4, 0.5) is 5.69 Å². The van der Waals surface area contributed by atoms with E-state index in [0.29, 0.717) is 24.2 Å². The minimum Gasteiger partial charge on any atom is -0.330 e. The third kappa shape index (κ3) is 5.17. The number of carbonyl (C=O) groups is 1. The van der Waals surface area contributed by atoms with Crippen LogP contribution in [0.25, 0.3) is 0 Å². The number of hydrogen-bond donors (Lipinski definition) is 3. The molecule has 24 heavy (non-hydrogen) atoms. The zero-order chi connectivity index (χ0) is 17.1. The lowest BCUT2D eigenvalue weighted by atomic mass is 9.71. The van der Waals surface area contributed by atoms with Crippen molar-refractivity contribution in [1.29, 1.82) is 0 Å². The Kier molecular flexibility index (Phi) is 7.22. The SMILES string of the molecule is Cc1ccc(NC(=O)CC2(CN)CCCCC2)cc1S(N)(=O)=O.Cl. The van der Waals surface area contributed by atoms with Gasteiger partial charge in [0.25, 0.3) is 0 Å². The summed E-state index contributed by atoms with van der Waals surface area (Å²) < 4.78 is 23.1. The number of amides is 1. The van der Waals surface area contributed by atoms with E-state index in [1.54, 1.807) is 19.1 Å². The molecule has 6 nitrogen and oxygen atoms in total. The number of benzene rings is 1. The fraction of sp³-hybridized carbons (Fsp3) is 0.562. The summed E-state index contributed by atoms with van der Waals surface area (Å²) in [4.78, 5) is 12.4. The van der Waals surface area contributed by atoms with Gasteiger partial charge in [-0.2, -0.15) is 0 Å². The number of hydrogen-bond acceptors (Lipinski definition) is 4. The van der Waals surface area contributed by atoms with Crippen molar-refractivity contribution in [2.24, 2.45) is 16.3 Å². The Labute approximate surface area is 149 Å². The Morgan fingerprint density at radius 1 is 1.25 bits per heavy atom. The highest BCUT2D eigenvalue weighted by Gasteiger charge is 2.33. The molecular weight excluding hydrogens is 350 g/mol. The molecule has 1 amide bonds. The molecule has 2 rings (SSSR count). The van der Waals surface area contributed by atoms with E-state index in [1.807, 2.05) is 0 Å². The molecule has 0 heterocycles. The van der Waals surface area contributed by atoms with Crippen LogP contribution in [0.2, 0.25) is 0 Å². The Bertz CT molecular complexity index is 686. The minimum absolute atomic E-state index is 0. The monoisotopic (exact) mass is 375 g/mol. The molecule has 0 aliphatic heterocycles. The lowest BCUT2D eigenvalue weighted by molar-refractivity contribution is -0.118. The first kappa shape index (κ1) is 20.9. The molecule has 1 fully saturated rings. The number of nitrogens with one attached hydrogen (secondary N) is 1. The average Bonchev–Trinajstić information content (AvgIpc) is 2.49. The van der Waals surface area contributed by atoms with Gasteiger partial charge < -0.3 is 11.1 Å². The van der Waals surface area contributed by atoms with E-state index in [9.17, 15) is 13.2 Å². The molecule has 0 saturated heterocycles. The predicted molar refractivity (Wildman–Crippen MR) is 97.6 cm³/mol. The second kappa shape index (κ2) is 8.29. The maximum Gasteiger partial charge on any atom is 0.238 e. The van der Waals surface area contributed by atoms with Gasteiger partial charge in [0.15, 0.2) is 0 Å². The standard InChI is InChI=1S/C16H25N3O3S.ClH/c1-12-5-6-13(9-14(12)23(18,21)22)19-15(20)10-16(11-17)7-3-2-4-8-16;/h5-6,9H,2-4,7-8,10-11,17H2,1H3,(H,19,20)(H2,18,21,22);1H. The first-order valence-corrected chi connectivity index (χ1v) is 9.44. The summed E-state index contributed by atoms with van der Waals surface area (Å²) in [5.74, 6) is -0.137. The van der Waals surface area contributed by atoms with Crippen LogP contribution in [-0.4, -0.2) is 20.9 Å². The zero-order valence-electron chi connectivity index (χ0n) is 13.9. The highest BCUT2D eigenvalue weighted by Crippen LogP contribution is 2.38. The molecule has 0 bridgehead atoms. The van der Waals surface area contributed by atoms with Crippen LogP contribution >= 0.6 is 12.4 Å². The summed E-state index contributed by atoms with van der Waals surface area (Å²) in [6.45, 7) is 2.16. The van der Waals surface area contributed by atoms with Gasteiger partial charge in [-0.05, 0) is 49.4 Å². The molecule has 1 aliphatic carbocycles. The number of nitrogens with two attached hydrogens (primary N) is 2. The molecule has 1 aromatic rings. The van der Waals surface area contributed by atoms with Crippen LogP contribution in [0.3, 0.4) is 0 Å². The first-order chi connectivity index (χ1) is 10.8. The number of aryl methyl sites for hydroxylation is 1. The van der Waals surface area contributed by atoms with Gasteiger partial charge in [0.1, 0.15) is 0 Å². The number of anilines is 1. The topological polar surface area (TPSA) is 115 Å². The Morgan fingerprint density at radius 3 is 2.42 bits per heavy atom. The minimum atomic E-state index is -3.81. The van der Waals surface area contributed by atoms with E-state index in [4.69, 9.17) is 10.9 Å². The second-order valence-electron chi connectivity index (χ2n) is 6.52. The van der Waals surface area contributed by atoms with Gasteiger partial charge in [0.2, 0.25) is 15.9 Å². The van der Waals surface area contributed by atoms with E-state index in [2.05, 4.69) is 5.32 Å². The number of carbonyl (C=O) groups excluding carboxylic acids is 1. The van der Waals surface area contributed by atoms with Crippen LogP contribution < -0.4 is 16.2 Å². The largest absolute Gasteiger partial charge is 0.330 e. The van der Waals surface area contributed by atoms with Crippen LogP contribution in [0, 0.1) is 12.3 Å². The smallest absolute Gasteiger partial charge is 0.238 e. The third-order valence-corrected chi connectivity index (χ3v) is 5.71. The molecule has 1 aromatic carbocycles. The molecule has 1 saturated carbocycles. The van der Waals surface area contributed by atoms with Crippen LogP contribution in [0.1, 0.15) is 44.1 Å². The van der Waals surface area contributed by atoms with Crippen molar-refractivity contribution in [3.63, 3.8) is 0 Å². The normalized spacial score (nSPS) is 17.0. The predicted octanol–water partition coefficient (Wildman–Crippen LogP) is 2.30. The van der Waals surface area contributed by atoms with Crippen molar-refractivity contribution in [2.45, 2.75) is 50.3 Å². The molecule has 0 radical (unpaired) electrons. The number of primary sulfonamides is 1. The Balaban J connectivity index is 0.00000288. The average molecular weight is 376 g/mol. The fourth-order valence-electron chi connectivity index (χ4n) is 3.28. The number of halogens is 1. The molecule has 5 N–H and O–H groups in total. The molecule has 136 valence electrons. The van der Waals surface area contributed by atoms with Gasteiger partial charge in [-0.25, -0.2) is 13.6 Å². The highest BCUT2D eigenvalue weighted by molar-refractivity contribution is 7.89. The molecule has 0 spiro atoms. The molecule has 8 heteroatoms. The number of rotatable bonds is 5. The summed E-state index contributed by atoms with van der Waals surface area (Å²) in [5.41, 5.74) is 6.77. The van der Waals surface area contributed by atoms with Gasteiger partial charge in [-0.1, -0.05) is 25.3 Å². The van der Waals surface area contributed by atoms with Crippen molar-refractivity contribution in [1.82, 2.24) is 0 Å². The van der Waals surface area contributed by atoms with Gasteiger partial charge in [0.05, 0.1) is 4.90 Å². The summed E-state index contributed by atoms with van der Waals surface area (Å²) in [6, 6.07) is 4.71. The molecule has 0 atom stereocenters. The molecule has 0 aromatic heterocycles. The first-order valence-electron chi connectivity index (χ1n) is 7.89. The van der Waals surface area contributed by atoms with Crippen molar-refractivity contribution < 1.29 is 13.2 Å². The number of sulfonamides is 1. The van der Waals surface area contributed by atoms with Crippen LogP contribution in [-0.2, 0) is 14.8 Å². The van der Waals surface area contributed by atoms with E-state index in [-0.39, 0.29) is 28.6 Å². The van der Waals surface area contributed by atoms with Gasteiger partial charge >= 0.3 is 0 Å². The molecular formula is C16H26ClN3O3S. The van der Waals surface area contributed by atoms with Gasteiger partial charge in [-0.3, -0.25) is 4.79 Å². The summed E-state index contributed by atoms with van der Waals surface area (Å²) in [7, 11) is -3.81. The second-order valence-corrected chi connectivity index (χ2v) is 8.04. The summed E-state index contributed by atoms with van der Waals surface area (Å²) in [6.07, 6.45) is 5.69. The zero-order valence-corrected chi connectivity index (χ0v) is 15.5. The van der Waals surface area contributed by atoms with E-state index in [0.717, 1.165) is 25.7 Å². The highest BCUT2D eigenvalue weighted by atomic mass is 35.5. The van der Waals surface area contributed by atoms with E-state index < -0.39 is 10.0 Å². The van der Waals surface area contributed by atoms with Crippen LogP contribution in [0.15, 0.2) is 23.1 Å². The van der Waals surface area contributed by atoms with Crippen molar-refractivity contribution in [2.75, 3.05) is 11.9 Å². The maximum atomic E-state index is 12.3. The Morgan fingerprint density at radius 2 is 1.88 bits per heavy atom. The van der Waals surface area contributed by atoms with E-state index >= 15 is 0 Å². The lowest BCUT2D eigenvalue weighted by Crippen LogP contribution is -2.36. The third-order valence-electron chi connectivity index (χ3n) is 4.66. The van der Waals surface area contributed by atoms with Crippen molar-refractivity contribution in [3.8, 4) is 0 Å². The fourth-order valence-corrected chi connectivity index (χ4v) is 4.09. The van der Waals surface area contributed by atoms with Crippen molar-refractivity contribution in [3.05, 3.63) is 23.8 Å². The van der Waals surface area contributed by atoms with Gasteiger partial charge in [-0.15, -0.1) is 12.4 Å². The summed E-state index contributed by atoms with van der Waals surface area (Å²) >= 11 is 0. The summed E-state index contributed by atoms with van der Waals surface area (Å²) in [5, 5.41) is 7.97. The van der Waals surface area contributed by atoms with E-state index in [1.165, 1.54) is 12.5 Å². The Hall–Kier alpha value is -1.15. The van der Waals surface area contributed by atoms with Gasteiger partial charge in [0, 0.05) is 12.1 Å². The quantitative estimate of drug-likeness (QED) is 0.732. The van der Waals surface area contributed by atoms with Crippen molar-refractivity contribution >= 4 is 34.0 Å². The molecule has 1 aliphatic rings. The maximum absolute atomic E-state index is 12.3. The molecule has 0 unspecified atom stereocenters.